The number of ether oxygens (including phenoxy) is 1. The van der Waals surface area contributed by atoms with Gasteiger partial charge in [0.15, 0.2) is 9.84 Å². The number of esters is 1. The molecule has 0 radical (unpaired) electrons. The van der Waals surface area contributed by atoms with Crippen molar-refractivity contribution >= 4 is 21.7 Å². The fourth-order valence-corrected chi connectivity index (χ4v) is 15.6. The number of allylic oxidation sites excluding steroid dienone is 1. The summed E-state index contributed by atoms with van der Waals surface area (Å²) in [4.78, 5) is 28.0. The minimum Gasteiger partial charge on any atom is -0.465 e. The summed E-state index contributed by atoms with van der Waals surface area (Å²) in [6.45, 7) is 21.0. The normalized spacial score (nSPS) is 42.7. The number of hydrogen-bond acceptors (Lipinski definition) is 6. The molecule has 0 unspecified atom stereocenters. The Morgan fingerprint density at radius 1 is 0.863 bits per heavy atom. The predicted molar refractivity (Wildman–Crippen MR) is 203 cm³/mol. The summed E-state index contributed by atoms with van der Waals surface area (Å²) >= 11 is 0. The predicted octanol–water partition coefficient (Wildman–Crippen LogP) is 7.81. The molecule has 8 heteroatoms. The zero-order valence-corrected chi connectivity index (χ0v) is 33.3. The molecule has 1 N–H and O–H groups in total. The van der Waals surface area contributed by atoms with Crippen molar-refractivity contribution in [2.45, 2.75) is 117 Å². The van der Waals surface area contributed by atoms with Crippen LogP contribution in [0.1, 0.15) is 128 Å². The smallest absolute Gasteiger partial charge is 0.337 e. The first-order valence-electron chi connectivity index (χ1n) is 20.0. The van der Waals surface area contributed by atoms with Gasteiger partial charge in [-0.3, -0.25) is 9.69 Å². The van der Waals surface area contributed by atoms with Gasteiger partial charge in [-0.05, 0) is 146 Å². The molecule has 1 aromatic carbocycles. The molecule has 7 rings (SSSR count). The van der Waals surface area contributed by atoms with Gasteiger partial charge in [-0.1, -0.05) is 58.9 Å². The molecule has 6 fully saturated rings. The molecule has 1 amide bonds. The number of benzene rings is 1. The Kier molecular flexibility index (Phi) is 9.25. The fourth-order valence-electron chi connectivity index (χ4n) is 14.4. The van der Waals surface area contributed by atoms with E-state index >= 15 is 0 Å². The van der Waals surface area contributed by atoms with Crippen LogP contribution in [0.3, 0.4) is 0 Å². The lowest BCUT2D eigenvalue weighted by molar-refractivity contribution is -0.233. The maximum atomic E-state index is 13.8. The Morgan fingerprint density at radius 3 is 2.20 bits per heavy atom. The van der Waals surface area contributed by atoms with Crippen LogP contribution in [0.5, 0.6) is 0 Å². The number of rotatable bonds is 6. The summed E-state index contributed by atoms with van der Waals surface area (Å²) in [5.41, 5.74) is 3.84. The van der Waals surface area contributed by atoms with E-state index in [4.69, 9.17) is 4.74 Å². The van der Waals surface area contributed by atoms with Crippen LogP contribution < -0.4 is 5.32 Å². The van der Waals surface area contributed by atoms with Crippen LogP contribution in [0.15, 0.2) is 36.4 Å². The maximum Gasteiger partial charge on any atom is 0.337 e. The number of nitrogens with one attached hydrogen (secondary N) is 1. The topological polar surface area (TPSA) is 92.8 Å². The van der Waals surface area contributed by atoms with Crippen molar-refractivity contribution in [1.29, 1.82) is 0 Å². The highest BCUT2D eigenvalue weighted by Crippen LogP contribution is 2.77. The Hall–Kier alpha value is -2.19. The molecular formula is C43H64N2O5S. The molecule has 282 valence electrons. The van der Waals surface area contributed by atoms with Gasteiger partial charge in [-0.15, -0.1) is 0 Å². The Morgan fingerprint density at radius 2 is 1.55 bits per heavy atom. The molecule has 7 nitrogen and oxygen atoms in total. The second-order valence-electron chi connectivity index (χ2n) is 19.3. The standard InChI is InChI=1S/C43H64N2O5S/c1-28(2)31-15-20-43(44-36(46)27-45-23-25-51(48,49)26-24-45)22-21-41(6)33(37(31)43)13-14-35-40(5)18-16-32(29-9-11-30(12-10-29)38(47)50-8)39(3,4)34(40)17-19-42(35,41)7/h9-12,31-35,37H,1,13-27H2,2-8H3,(H,44,46)/t31-,32+,33+,34-,35+,37+,40-,41+,42+,43-/m0/s1. The van der Waals surface area contributed by atoms with Gasteiger partial charge in [0.05, 0.1) is 30.7 Å². The summed E-state index contributed by atoms with van der Waals surface area (Å²) in [5.74, 6) is 3.18. The molecule has 51 heavy (non-hydrogen) atoms. The summed E-state index contributed by atoms with van der Waals surface area (Å²) < 4.78 is 29.0. The monoisotopic (exact) mass is 720 g/mol. The largest absolute Gasteiger partial charge is 0.465 e. The second-order valence-corrected chi connectivity index (χ2v) is 21.6. The molecule has 0 spiro atoms. The maximum absolute atomic E-state index is 13.8. The average Bonchev–Trinajstić information content (AvgIpc) is 3.45. The molecule has 5 saturated carbocycles. The van der Waals surface area contributed by atoms with Gasteiger partial charge in [0.2, 0.25) is 5.91 Å². The minimum atomic E-state index is -2.98. The highest BCUT2D eigenvalue weighted by Gasteiger charge is 2.71. The molecule has 10 atom stereocenters. The van der Waals surface area contributed by atoms with E-state index in [1.54, 1.807) is 0 Å². The van der Waals surface area contributed by atoms with Crippen LogP contribution in [-0.4, -0.2) is 69.0 Å². The van der Waals surface area contributed by atoms with Gasteiger partial charge < -0.3 is 10.1 Å². The van der Waals surface area contributed by atoms with Crippen LogP contribution >= 0.6 is 0 Å². The van der Waals surface area contributed by atoms with E-state index in [0.29, 0.717) is 54.2 Å². The van der Waals surface area contributed by atoms with Gasteiger partial charge >= 0.3 is 5.97 Å². The molecule has 1 saturated heterocycles. The summed E-state index contributed by atoms with van der Waals surface area (Å²) in [6, 6.07) is 8.23. The number of fused-ring (bicyclic) bond motifs is 7. The molecule has 0 aromatic heterocycles. The first kappa shape index (κ1) is 37.1. The lowest BCUT2D eigenvalue weighted by Gasteiger charge is -2.73. The van der Waals surface area contributed by atoms with E-state index in [0.717, 1.165) is 25.7 Å². The summed E-state index contributed by atoms with van der Waals surface area (Å²) in [6.07, 6.45) is 11.6. The third kappa shape index (κ3) is 5.77. The Labute approximate surface area is 308 Å². The lowest BCUT2D eigenvalue weighted by atomic mass is 9.32. The van der Waals surface area contributed by atoms with Crippen LogP contribution in [-0.2, 0) is 19.4 Å². The van der Waals surface area contributed by atoms with Gasteiger partial charge in [0, 0.05) is 18.6 Å². The molecule has 1 aromatic rings. The number of carbonyl (C=O) groups excluding carboxylic acids is 2. The van der Waals surface area contributed by atoms with Crippen molar-refractivity contribution < 1.29 is 22.7 Å². The summed E-state index contributed by atoms with van der Waals surface area (Å²) in [7, 11) is -1.54. The van der Waals surface area contributed by atoms with Crippen molar-refractivity contribution in [1.82, 2.24) is 10.2 Å². The highest BCUT2D eigenvalue weighted by molar-refractivity contribution is 7.91. The fraction of sp³-hybridized carbons (Fsp3) is 0.767. The van der Waals surface area contributed by atoms with Crippen LogP contribution in [0, 0.1) is 51.2 Å². The Bertz CT molecular complexity index is 1660. The minimum absolute atomic E-state index is 0.0668. The van der Waals surface area contributed by atoms with Crippen LogP contribution in [0.4, 0.5) is 0 Å². The first-order valence-corrected chi connectivity index (χ1v) is 21.8. The second kappa shape index (κ2) is 12.7. The molecule has 0 bridgehead atoms. The molecular weight excluding hydrogens is 657 g/mol. The van der Waals surface area contributed by atoms with Gasteiger partial charge in [0.25, 0.3) is 0 Å². The molecule has 6 aliphatic rings. The van der Waals surface area contributed by atoms with Crippen molar-refractivity contribution in [3.8, 4) is 0 Å². The molecule has 5 aliphatic carbocycles. The SMILES string of the molecule is C=C(C)[C@@H]1CC[C@]2(NC(=O)CN3CCS(=O)(=O)CC3)CC[C@]3(C)[C@H](CC[C@@H]4[C@@]5(C)CC[C@H](c6ccc(C(=O)OC)cc6)C(C)(C)[C@@H]5CC[C@]43C)[C@@H]12. The molecule has 1 aliphatic heterocycles. The van der Waals surface area contributed by atoms with E-state index in [1.807, 2.05) is 17.0 Å². The van der Waals surface area contributed by atoms with E-state index in [1.165, 1.54) is 56.8 Å². The molecule has 1 heterocycles. The quantitative estimate of drug-likeness (QED) is 0.238. The average molecular weight is 721 g/mol. The van der Waals surface area contributed by atoms with E-state index in [-0.39, 0.29) is 57.1 Å². The van der Waals surface area contributed by atoms with Crippen molar-refractivity contribution in [3.05, 3.63) is 47.5 Å². The third-order valence-corrected chi connectivity index (χ3v) is 18.6. The Balaban J connectivity index is 1.13. The lowest BCUT2D eigenvalue weighted by Crippen LogP contribution is -2.69. The third-order valence-electron chi connectivity index (χ3n) is 17.0. The summed E-state index contributed by atoms with van der Waals surface area (Å²) in [5, 5.41) is 3.68. The highest BCUT2D eigenvalue weighted by atomic mass is 32.2. The first-order chi connectivity index (χ1) is 23.9. The van der Waals surface area contributed by atoms with E-state index in [9.17, 15) is 18.0 Å². The number of sulfone groups is 1. The zero-order valence-electron chi connectivity index (χ0n) is 32.5. The van der Waals surface area contributed by atoms with Crippen LogP contribution in [0.2, 0.25) is 0 Å². The van der Waals surface area contributed by atoms with Crippen molar-refractivity contribution in [3.63, 3.8) is 0 Å². The van der Waals surface area contributed by atoms with Crippen LogP contribution in [0.25, 0.3) is 0 Å². The number of carbonyl (C=O) groups is 2. The number of nitrogens with zero attached hydrogens (tertiary/aromatic N) is 1. The van der Waals surface area contributed by atoms with E-state index in [2.05, 4.69) is 65.6 Å². The zero-order chi connectivity index (χ0) is 36.8. The number of methoxy groups -OCH3 is 1. The number of amides is 1. The van der Waals surface area contributed by atoms with Crippen molar-refractivity contribution in [2.24, 2.45) is 51.2 Å². The number of hydrogen-bond donors (Lipinski definition) is 1. The van der Waals surface area contributed by atoms with Crippen molar-refractivity contribution in [2.75, 3.05) is 38.2 Å². The van der Waals surface area contributed by atoms with Gasteiger partial charge in [0.1, 0.15) is 0 Å². The van der Waals surface area contributed by atoms with Gasteiger partial charge in [-0.25, -0.2) is 13.2 Å². The van der Waals surface area contributed by atoms with Gasteiger partial charge in [-0.2, -0.15) is 0 Å². The van der Waals surface area contributed by atoms with E-state index < -0.39 is 9.84 Å².